The van der Waals surface area contributed by atoms with Crippen LogP contribution in [0.25, 0.3) is 0 Å². The molecule has 0 spiro atoms. The number of halogens is 6. The molecule has 0 amide bonds. The summed E-state index contributed by atoms with van der Waals surface area (Å²) in [4.78, 5) is 0. The monoisotopic (exact) mass is 304 g/mol. The van der Waals surface area contributed by atoms with Gasteiger partial charge in [0.25, 0.3) is 0 Å². The first-order valence-corrected chi connectivity index (χ1v) is 5.97. The van der Waals surface area contributed by atoms with Crippen molar-refractivity contribution in [2.45, 2.75) is 24.5 Å². The van der Waals surface area contributed by atoms with Gasteiger partial charge in [-0.2, -0.15) is 34.8 Å². The van der Waals surface area contributed by atoms with E-state index in [-0.39, 0.29) is 0 Å². The van der Waals surface area contributed by atoms with Gasteiger partial charge in [0.2, 0.25) is 0 Å². The minimum Gasteiger partial charge on any atom is -0.381 e. The fraction of sp³-hybridized carbons (Fsp3) is 1.00. The SMILES string of the molecule is C1CCOC1.O=S(=O)(OCC(F)(F)F)C(F)(F)F. The standard InChI is InChI=1S/C4H8O.C3H2F6O3S/c1-2-4-5-3-1;4-2(5,6)1-12-13(10,11)3(7,8)9/h1-4H2;1H2. The third-order valence-corrected chi connectivity index (χ3v) is 2.48. The highest BCUT2D eigenvalue weighted by molar-refractivity contribution is 7.87. The second-order valence-electron chi connectivity index (χ2n) is 3.10. The van der Waals surface area contributed by atoms with Gasteiger partial charge in [-0.15, -0.1) is 0 Å². The van der Waals surface area contributed by atoms with Crippen molar-refractivity contribution in [1.82, 2.24) is 0 Å². The molecule has 11 heteroatoms. The first-order chi connectivity index (χ1) is 7.96. The van der Waals surface area contributed by atoms with Crippen molar-refractivity contribution in [3.63, 3.8) is 0 Å². The van der Waals surface area contributed by atoms with Crippen molar-refractivity contribution in [2.75, 3.05) is 19.8 Å². The van der Waals surface area contributed by atoms with E-state index in [1.807, 2.05) is 0 Å². The summed E-state index contributed by atoms with van der Waals surface area (Å²) in [6.07, 6.45) is -2.57. The van der Waals surface area contributed by atoms with Gasteiger partial charge in [-0.1, -0.05) is 0 Å². The van der Waals surface area contributed by atoms with Gasteiger partial charge in [-0.05, 0) is 12.8 Å². The van der Waals surface area contributed by atoms with E-state index in [4.69, 9.17) is 4.74 Å². The van der Waals surface area contributed by atoms with E-state index in [0.717, 1.165) is 13.2 Å². The molecular formula is C7H10F6O4S. The number of ether oxygens (including phenoxy) is 1. The molecule has 0 N–H and O–H groups in total. The maximum absolute atomic E-state index is 11.3. The first-order valence-electron chi connectivity index (χ1n) is 4.56. The molecule has 1 aliphatic heterocycles. The Balaban J connectivity index is 0.000000473. The predicted octanol–water partition coefficient (Wildman–Crippen LogP) is 2.21. The molecule has 1 aliphatic rings. The van der Waals surface area contributed by atoms with Crippen LogP contribution >= 0.6 is 0 Å². The summed E-state index contributed by atoms with van der Waals surface area (Å²) in [5, 5.41) is 0. The lowest BCUT2D eigenvalue weighted by Gasteiger charge is -2.09. The Bertz CT molecular complexity index is 321. The molecule has 18 heavy (non-hydrogen) atoms. The lowest BCUT2D eigenvalue weighted by atomic mass is 10.4. The van der Waals surface area contributed by atoms with Gasteiger partial charge in [-0.25, -0.2) is 0 Å². The zero-order valence-corrected chi connectivity index (χ0v) is 9.66. The third kappa shape index (κ3) is 7.71. The number of rotatable bonds is 2. The molecule has 1 heterocycles. The van der Waals surface area contributed by atoms with Crippen LogP contribution in [0.15, 0.2) is 0 Å². The quantitative estimate of drug-likeness (QED) is 0.446. The van der Waals surface area contributed by atoms with Gasteiger partial charge >= 0.3 is 21.8 Å². The topological polar surface area (TPSA) is 52.6 Å². The number of hydrogen-bond donors (Lipinski definition) is 0. The van der Waals surface area contributed by atoms with Crippen molar-refractivity contribution >= 4 is 10.1 Å². The van der Waals surface area contributed by atoms with E-state index in [0.29, 0.717) is 0 Å². The molecule has 0 unspecified atom stereocenters. The lowest BCUT2D eigenvalue weighted by Crippen LogP contribution is -2.29. The zero-order chi connectivity index (χ0) is 14.4. The summed E-state index contributed by atoms with van der Waals surface area (Å²) in [6.45, 7) is -0.491. The second-order valence-corrected chi connectivity index (χ2v) is 4.70. The summed E-state index contributed by atoms with van der Waals surface area (Å²) in [7, 11) is -6.15. The smallest absolute Gasteiger partial charge is 0.381 e. The van der Waals surface area contributed by atoms with Crippen molar-refractivity contribution in [2.24, 2.45) is 0 Å². The summed E-state index contributed by atoms with van der Waals surface area (Å²) in [6, 6.07) is 0. The minimum absolute atomic E-state index is 1.00. The van der Waals surface area contributed by atoms with Gasteiger partial charge in [-0.3, -0.25) is 4.18 Å². The van der Waals surface area contributed by atoms with E-state index in [1.165, 1.54) is 12.8 Å². The third-order valence-electron chi connectivity index (χ3n) is 1.49. The maximum atomic E-state index is 11.3. The van der Waals surface area contributed by atoms with Crippen LogP contribution in [-0.2, 0) is 19.0 Å². The molecule has 0 saturated carbocycles. The van der Waals surface area contributed by atoms with E-state index >= 15 is 0 Å². The Hall–Kier alpha value is -0.550. The van der Waals surface area contributed by atoms with Crippen molar-refractivity contribution in [1.29, 1.82) is 0 Å². The zero-order valence-electron chi connectivity index (χ0n) is 8.84. The molecule has 1 saturated heterocycles. The fourth-order valence-corrected chi connectivity index (χ4v) is 1.14. The van der Waals surface area contributed by atoms with Crippen LogP contribution < -0.4 is 0 Å². The predicted molar refractivity (Wildman–Crippen MR) is 47.0 cm³/mol. The second kappa shape index (κ2) is 6.57. The van der Waals surface area contributed by atoms with Crippen LogP contribution in [-0.4, -0.2) is 39.9 Å². The molecule has 110 valence electrons. The minimum atomic E-state index is -6.15. The fourth-order valence-electron chi connectivity index (χ4n) is 0.722. The number of alkyl halides is 6. The summed E-state index contributed by atoms with van der Waals surface area (Å²) in [5.74, 6) is 0. The molecule has 1 rings (SSSR count). The molecule has 0 aromatic carbocycles. The van der Waals surface area contributed by atoms with Crippen molar-refractivity contribution < 1.29 is 43.7 Å². The van der Waals surface area contributed by atoms with Gasteiger partial charge in [0.05, 0.1) is 0 Å². The average Bonchev–Trinajstić information content (AvgIpc) is 2.69. The Labute approximate surface area is 99.0 Å². The van der Waals surface area contributed by atoms with Crippen LogP contribution in [0, 0.1) is 0 Å². The summed E-state index contributed by atoms with van der Waals surface area (Å²) >= 11 is 0. The van der Waals surface area contributed by atoms with Crippen LogP contribution in [0.3, 0.4) is 0 Å². The molecule has 0 bridgehead atoms. The van der Waals surface area contributed by atoms with Crippen LogP contribution in [0.1, 0.15) is 12.8 Å². The van der Waals surface area contributed by atoms with E-state index < -0.39 is 28.4 Å². The highest BCUT2D eigenvalue weighted by Gasteiger charge is 2.49. The summed E-state index contributed by atoms with van der Waals surface area (Å²) < 4.78 is 95.0. The van der Waals surface area contributed by atoms with E-state index in [9.17, 15) is 34.8 Å². The normalized spacial score (nSPS) is 17.2. The van der Waals surface area contributed by atoms with Gasteiger partial charge in [0.15, 0.2) is 6.61 Å². The lowest BCUT2D eigenvalue weighted by molar-refractivity contribution is -0.156. The Morgan fingerprint density at radius 2 is 1.44 bits per heavy atom. The Morgan fingerprint density at radius 3 is 1.67 bits per heavy atom. The maximum Gasteiger partial charge on any atom is 0.523 e. The van der Waals surface area contributed by atoms with Gasteiger partial charge in [0.1, 0.15) is 0 Å². The largest absolute Gasteiger partial charge is 0.523 e. The van der Waals surface area contributed by atoms with Gasteiger partial charge in [0, 0.05) is 13.2 Å². The highest BCUT2D eigenvalue weighted by Crippen LogP contribution is 2.26. The molecular weight excluding hydrogens is 294 g/mol. The van der Waals surface area contributed by atoms with Crippen LogP contribution in [0.2, 0.25) is 0 Å². The Morgan fingerprint density at radius 1 is 1.00 bits per heavy atom. The average molecular weight is 304 g/mol. The van der Waals surface area contributed by atoms with E-state index in [2.05, 4.69) is 4.18 Å². The molecule has 0 radical (unpaired) electrons. The van der Waals surface area contributed by atoms with E-state index in [1.54, 1.807) is 0 Å². The Kier molecular flexibility index (Phi) is 6.37. The van der Waals surface area contributed by atoms with Gasteiger partial charge < -0.3 is 4.74 Å². The molecule has 0 atom stereocenters. The molecule has 0 aromatic rings. The molecule has 0 aliphatic carbocycles. The molecule has 0 aromatic heterocycles. The van der Waals surface area contributed by atoms with Crippen molar-refractivity contribution in [3.05, 3.63) is 0 Å². The molecule has 1 fully saturated rings. The first kappa shape index (κ1) is 17.4. The van der Waals surface area contributed by atoms with Crippen LogP contribution in [0.4, 0.5) is 26.3 Å². The number of hydrogen-bond acceptors (Lipinski definition) is 4. The van der Waals surface area contributed by atoms with Crippen LogP contribution in [0.5, 0.6) is 0 Å². The van der Waals surface area contributed by atoms with Crippen molar-refractivity contribution in [3.8, 4) is 0 Å². The molecule has 4 nitrogen and oxygen atoms in total. The highest BCUT2D eigenvalue weighted by atomic mass is 32.2. The summed E-state index contributed by atoms with van der Waals surface area (Å²) in [5.41, 5.74) is -5.84.